The molecule has 0 spiro atoms. The van der Waals surface area contributed by atoms with E-state index in [1.54, 1.807) is 18.3 Å². The highest BCUT2D eigenvalue weighted by molar-refractivity contribution is 5.53. The van der Waals surface area contributed by atoms with Gasteiger partial charge in [0.15, 0.2) is 0 Å². The Bertz CT molecular complexity index is 431. The maximum atomic E-state index is 5.59. The number of hydrogen-bond acceptors (Lipinski definition) is 3. The Morgan fingerprint density at radius 2 is 2.25 bits per heavy atom. The SMILES string of the molecule is C=C/C=C(C)\C=C(/C)Nc1ccnc(N)c1. The first-order valence-corrected chi connectivity index (χ1v) is 5.08. The molecule has 84 valence electrons. The van der Waals surface area contributed by atoms with Crippen LogP contribution in [0.3, 0.4) is 0 Å². The van der Waals surface area contributed by atoms with E-state index in [1.807, 2.05) is 32.1 Å². The van der Waals surface area contributed by atoms with Crippen molar-refractivity contribution in [3.63, 3.8) is 0 Å². The number of hydrogen-bond donors (Lipinski definition) is 2. The van der Waals surface area contributed by atoms with Crippen LogP contribution in [-0.4, -0.2) is 4.98 Å². The maximum Gasteiger partial charge on any atom is 0.125 e. The number of nitrogens with zero attached hydrogens (tertiary/aromatic N) is 1. The molecule has 0 bridgehead atoms. The molecule has 3 N–H and O–H groups in total. The van der Waals surface area contributed by atoms with Gasteiger partial charge < -0.3 is 11.1 Å². The van der Waals surface area contributed by atoms with Crippen LogP contribution in [0.15, 0.2) is 54.4 Å². The van der Waals surface area contributed by atoms with Gasteiger partial charge in [-0.1, -0.05) is 18.7 Å². The van der Waals surface area contributed by atoms with E-state index in [4.69, 9.17) is 5.73 Å². The highest BCUT2D eigenvalue weighted by Crippen LogP contribution is 2.12. The van der Waals surface area contributed by atoms with Crippen molar-refractivity contribution in [3.05, 3.63) is 54.4 Å². The van der Waals surface area contributed by atoms with Gasteiger partial charge in [0.1, 0.15) is 5.82 Å². The van der Waals surface area contributed by atoms with Gasteiger partial charge in [0.25, 0.3) is 0 Å². The summed E-state index contributed by atoms with van der Waals surface area (Å²) in [5.74, 6) is 0.510. The van der Waals surface area contributed by atoms with Crippen LogP contribution in [-0.2, 0) is 0 Å². The van der Waals surface area contributed by atoms with Gasteiger partial charge in [-0.15, -0.1) is 0 Å². The van der Waals surface area contributed by atoms with E-state index in [1.165, 1.54) is 0 Å². The summed E-state index contributed by atoms with van der Waals surface area (Å²) in [5, 5.41) is 3.24. The van der Waals surface area contributed by atoms with Crippen molar-refractivity contribution in [1.29, 1.82) is 0 Å². The highest BCUT2D eigenvalue weighted by Gasteiger charge is 1.94. The van der Waals surface area contributed by atoms with E-state index in [-0.39, 0.29) is 0 Å². The molecule has 0 aromatic carbocycles. The molecule has 0 amide bonds. The number of rotatable bonds is 4. The van der Waals surface area contributed by atoms with Gasteiger partial charge in [0, 0.05) is 23.6 Å². The van der Waals surface area contributed by atoms with Gasteiger partial charge in [0.2, 0.25) is 0 Å². The predicted octanol–water partition coefficient (Wildman–Crippen LogP) is 3.11. The summed E-state index contributed by atoms with van der Waals surface area (Å²) in [6.45, 7) is 7.67. The molecule has 16 heavy (non-hydrogen) atoms. The summed E-state index contributed by atoms with van der Waals surface area (Å²) >= 11 is 0. The number of nitrogens with two attached hydrogens (primary N) is 1. The van der Waals surface area contributed by atoms with Crippen molar-refractivity contribution < 1.29 is 0 Å². The van der Waals surface area contributed by atoms with Crippen LogP contribution in [0.2, 0.25) is 0 Å². The molecule has 3 nitrogen and oxygen atoms in total. The number of pyridine rings is 1. The van der Waals surface area contributed by atoms with Crippen LogP contribution in [0.25, 0.3) is 0 Å². The van der Waals surface area contributed by atoms with Gasteiger partial charge in [-0.3, -0.25) is 0 Å². The lowest BCUT2D eigenvalue weighted by molar-refractivity contribution is 1.30. The summed E-state index contributed by atoms with van der Waals surface area (Å²) in [5.41, 5.74) is 8.71. The van der Waals surface area contributed by atoms with Crippen LogP contribution in [0.5, 0.6) is 0 Å². The predicted molar refractivity (Wildman–Crippen MR) is 70.0 cm³/mol. The summed E-state index contributed by atoms with van der Waals surface area (Å²) in [6, 6.07) is 3.67. The summed E-state index contributed by atoms with van der Waals surface area (Å²) < 4.78 is 0. The molecule has 0 unspecified atom stereocenters. The zero-order chi connectivity index (χ0) is 12.0. The summed E-state index contributed by atoms with van der Waals surface area (Å²) in [7, 11) is 0. The first-order chi connectivity index (χ1) is 7.61. The third-order valence-corrected chi connectivity index (χ3v) is 1.95. The molecular formula is C13H17N3. The van der Waals surface area contributed by atoms with Crippen LogP contribution in [0, 0.1) is 0 Å². The molecule has 1 aromatic rings. The topological polar surface area (TPSA) is 50.9 Å². The molecule has 3 heteroatoms. The average molecular weight is 215 g/mol. The van der Waals surface area contributed by atoms with E-state index in [2.05, 4.69) is 16.9 Å². The lowest BCUT2D eigenvalue weighted by atomic mass is 10.2. The van der Waals surface area contributed by atoms with E-state index < -0.39 is 0 Å². The minimum Gasteiger partial charge on any atom is -0.384 e. The van der Waals surface area contributed by atoms with E-state index in [0.717, 1.165) is 17.0 Å². The average Bonchev–Trinajstić information content (AvgIpc) is 2.17. The molecule has 0 atom stereocenters. The van der Waals surface area contributed by atoms with Gasteiger partial charge in [0.05, 0.1) is 0 Å². The van der Waals surface area contributed by atoms with E-state index in [9.17, 15) is 0 Å². The molecule has 0 aliphatic rings. The number of aromatic nitrogens is 1. The molecule has 0 radical (unpaired) electrons. The van der Waals surface area contributed by atoms with Crippen molar-refractivity contribution in [2.24, 2.45) is 0 Å². The van der Waals surface area contributed by atoms with Crippen LogP contribution in [0.1, 0.15) is 13.8 Å². The standard InChI is InChI=1S/C13H17N3/c1-4-5-10(2)8-11(3)16-12-6-7-15-13(14)9-12/h4-9H,1H2,2-3H3,(H3,14,15,16)/b10-5-,11-8+. The quantitative estimate of drug-likeness (QED) is 0.759. The fourth-order valence-corrected chi connectivity index (χ4v) is 1.37. The third-order valence-electron chi connectivity index (χ3n) is 1.95. The second-order valence-electron chi connectivity index (χ2n) is 3.57. The van der Waals surface area contributed by atoms with Gasteiger partial charge >= 0.3 is 0 Å². The molecular weight excluding hydrogens is 198 g/mol. The first-order valence-electron chi connectivity index (χ1n) is 5.08. The van der Waals surface area contributed by atoms with E-state index >= 15 is 0 Å². The van der Waals surface area contributed by atoms with Crippen molar-refractivity contribution in [2.75, 3.05) is 11.1 Å². The molecule has 1 aromatic heterocycles. The Kier molecular flexibility index (Phi) is 4.33. The summed E-state index contributed by atoms with van der Waals surface area (Å²) in [4.78, 5) is 3.93. The van der Waals surface area contributed by atoms with Crippen LogP contribution >= 0.6 is 0 Å². The molecule has 0 aliphatic carbocycles. The fourth-order valence-electron chi connectivity index (χ4n) is 1.37. The normalized spacial score (nSPS) is 12.4. The van der Waals surface area contributed by atoms with E-state index in [0.29, 0.717) is 5.82 Å². The Morgan fingerprint density at radius 3 is 2.88 bits per heavy atom. The van der Waals surface area contributed by atoms with Crippen LogP contribution in [0.4, 0.5) is 11.5 Å². The second kappa shape index (κ2) is 5.75. The number of nitrogen functional groups attached to an aromatic ring is 1. The number of anilines is 2. The molecule has 0 saturated carbocycles. The van der Waals surface area contributed by atoms with Crippen molar-refractivity contribution in [3.8, 4) is 0 Å². The maximum absolute atomic E-state index is 5.59. The van der Waals surface area contributed by atoms with Gasteiger partial charge in [-0.25, -0.2) is 4.98 Å². The monoisotopic (exact) mass is 215 g/mol. The van der Waals surface area contributed by atoms with Crippen molar-refractivity contribution in [2.45, 2.75) is 13.8 Å². The Hall–Kier alpha value is -2.03. The first kappa shape index (κ1) is 12.0. The fraction of sp³-hybridized carbons (Fsp3) is 0.154. The highest BCUT2D eigenvalue weighted by atomic mass is 14.9. The number of nitrogens with one attached hydrogen (secondary N) is 1. The van der Waals surface area contributed by atoms with Gasteiger partial charge in [-0.05, 0) is 31.6 Å². The minimum atomic E-state index is 0.510. The number of allylic oxidation sites excluding steroid dienone is 5. The molecule has 0 fully saturated rings. The third kappa shape index (κ3) is 4.00. The smallest absolute Gasteiger partial charge is 0.125 e. The second-order valence-corrected chi connectivity index (χ2v) is 3.57. The molecule has 0 saturated heterocycles. The largest absolute Gasteiger partial charge is 0.384 e. The zero-order valence-electron chi connectivity index (χ0n) is 9.70. The lowest BCUT2D eigenvalue weighted by Gasteiger charge is -2.06. The Balaban J connectivity index is 2.74. The molecule has 0 aliphatic heterocycles. The minimum absolute atomic E-state index is 0.510. The Morgan fingerprint density at radius 1 is 1.50 bits per heavy atom. The van der Waals surface area contributed by atoms with Gasteiger partial charge in [-0.2, -0.15) is 0 Å². The Labute approximate surface area is 96.4 Å². The van der Waals surface area contributed by atoms with Crippen LogP contribution < -0.4 is 11.1 Å². The summed E-state index contributed by atoms with van der Waals surface area (Å²) in [6.07, 6.45) is 7.44. The molecule has 1 rings (SSSR count). The van der Waals surface area contributed by atoms with Crippen molar-refractivity contribution in [1.82, 2.24) is 4.98 Å². The van der Waals surface area contributed by atoms with Crippen molar-refractivity contribution >= 4 is 11.5 Å². The lowest BCUT2D eigenvalue weighted by Crippen LogP contribution is -1.97. The zero-order valence-corrected chi connectivity index (χ0v) is 9.70. The molecule has 1 heterocycles.